The molecule has 5 rings (SSSR count). The minimum atomic E-state index is -0.623. The Balaban J connectivity index is 1.17. The van der Waals surface area contributed by atoms with Gasteiger partial charge in [0.25, 0.3) is 10.7 Å². The molecule has 1 atom stereocenters. The summed E-state index contributed by atoms with van der Waals surface area (Å²) in [6.45, 7) is 3.30. The van der Waals surface area contributed by atoms with Crippen molar-refractivity contribution < 1.29 is 23.4 Å². The molecule has 0 aliphatic carbocycles. The van der Waals surface area contributed by atoms with E-state index >= 15 is 0 Å². The lowest BCUT2D eigenvalue weighted by Crippen LogP contribution is -2.54. The van der Waals surface area contributed by atoms with Crippen LogP contribution in [0.4, 0.5) is 0 Å². The summed E-state index contributed by atoms with van der Waals surface area (Å²) in [5.41, 5.74) is 0.826. The van der Waals surface area contributed by atoms with E-state index in [0.717, 1.165) is 11.3 Å². The molecule has 3 heterocycles. The molecule has 0 spiro atoms. The van der Waals surface area contributed by atoms with Gasteiger partial charge in [0.2, 0.25) is 12.0 Å². The van der Waals surface area contributed by atoms with Crippen molar-refractivity contribution in [2.45, 2.75) is 12.8 Å². The quantitative estimate of drug-likeness (QED) is 0.529. The summed E-state index contributed by atoms with van der Waals surface area (Å²) >= 11 is 5.36. The number of rotatable bonds is 5. The molecule has 10 heteroatoms. The molecule has 1 unspecified atom stereocenters. The van der Waals surface area contributed by atoms with Crippen LogP contribution in [0.3, 0.4) is 0 Å². The van der Waals surface area contributed by atoms with E-state index in [1.54, 1.807) is 11.8 Å². The summed E-state index contributed by atoms with van der Waals surface area (Å²) in [5, 5.41) is 4.52. The standard InChI is InChI=1S/C23H24N4O5S/c1-29-17-8-6-16(7-9-17)21-24-27(23(33)32-21)15-25-10-12-26(13-11-25)22(28)20-14-30-18-4-2-3-5-19(18)31-20/h2-9,20H,10-15H2,1H3. The Hall–Kier alpha value is -3.37. The summed E-state index contributed by atoms with van der Waals surface area (Å²) < 4.78 is 24.1. The second-order valence-corrected chi connectivity index (χ2v) is 8.20. The summed E-state index contributed by atoms with van der Waals surface area (Å²) in [6.07, 6.45) is -0.623. The van der Waals surface area contributed by atoms with Crippen molar-refractivity contribution in [2.24, 2.45) is 0 Å². The van der Waals surface area contributed by atoms with Gasteiger partial charge in [0.1, 0.15) is 12.4 Å². The minimum absolute atomic E-state index is 0.0519. The number of hydrogen-bond acceptors (Lipinski definition) is 8. The van der Waals surface area contributed by atoms with Gasteiger partial charge < -0.3 is 23.5 Å². The largest absolute Gasteiger partial charge is 0.497 e. The van der Waals surface area contributed by atoms with Gasteiger partial charge in [-0.05, 0) is 48.6 Å². The molecule has 0 N–H and O–H groups in total. The van der Waals surface area contributed by atoms with Crippen molar-refractivity contribution >= 4 is 18.1 Å². The van der Waals surface area contributed by atoms with E-state index in [1.165, 1.54) is 0 Å². The first kappa shape index (κ1) is 21.5. The first-order chi connectivity index (χ1) is 16.1. The summed E-state index contributed by atoms with van der Waals surface area (Å²) in [7, 11) is 1.62. The van der Waals surface area contributed by atoms with Crippen molar-refractivity contribution in [1.82, 2.24) is 19.6 Å². The van der Waals surface area contributed by atoms with Crippen LogP contribution in [0.2, 0.25) is 0 Å². The fourth-order valence-corrected chi connectivity index (χ4v) is 4.07. The third-order valence-electron chi connectivity index (χ3n) is 5.75. The SMILES string of the molecule is COc1ccc(-c2nn(CN3CCN(C(=O)C4COc5ccccc5O4)CC3)c(=S)o2)cc1. The molecule has 2 aromatic carbocycles. The van der Waals surface area contributed by atoms with Gasteiger partial charge >= 0.3 is 0 Å². The topological polar surface area (TPSA) is 82.2 Å². The summed E-state index contributed by atoms with van der Waals surface area (Å²) in [6, 6.07) is 14.9. The van der Waals surface area contributed by atoms with E-state index < -0.39 is 6.10 Å². The van der Waals surface area contributed by atoms with Crippen LogP contribution in [0, 0.1) is 4.84 Å². The lowest BCUT2D eigenvalue weighted by molar-refractivity contribution is -0.143. The van der Waals surface area contributed by atoms with E-state index in [9.17, 15) is 4.79 Å². The fourth-order valence-electron chi connectivity index (χ4n) is 3.89. The van der Waals surface area contributed by atoms with Crippen LogP contribution < -0.4 is 14.2 Å². The highest BCUT2D eigenvalue weighted by atomic mass is 32.1. The molecule has 3 aromatic rings. The number of fused-ring (bicyclic) bond motifs is 1. The number of benzene rings is 2. The van der Waals surface area contributed by atoms with Crippen molar-refractivity contribution in [2.75, 3.05) is 39.9 Å². The number of nitrogens with zero attached hydrogens (tertiary/aromatic N) is 4. The van der Waals surface area contributed by atoms with Crippen LogP contribution in [0.25, 0.3) is 11.5 Å². The molecule has 0 radical (unpaired) electrons. The van der Waals surface area contributed by atoms with Crippen molar-refractivity contribution in [1.29, 1.82) is 0 Å². The van der Waals surface area contributed by atoms with E-state index in [-0.39, 0.29) is 12.5 Å². The highest BCUT2D eigenvalue weighted by molar-refractivity contribution is 7.71. The summed E-state index contributed by atoms with van der Waals surface area (Å²) in [5.74, 6) is 2.45. The molecule has 1 amide bonds. The number of amides is 1. The van der Waals surface area contributed by atoms with Gasteiger partial charge in [-0.2, -0.15) is 0 Å². The van der Waals surface area contributed by atoms with Crippen LogP contribution in [0.15, 0.2) is 52.9 Å². The second-order valence-electron chi connectivity index (χ2n) is 7.85. The van der Waals surface area contributed by atoms with Gasteiger partial charge in [0, 0.05) is 31.7 Å². The minimum Gasteiger partial charge on any atom is -0.497 e. The lowest BCUT2D eigenvalue weighted by atomic mass is 10.2. The molecule has 1 saturated heterocycles. The molecule has 2 aliphatic heterocycles. The highest BCUT2D eigenvalue weighted by Crippen LogP contribution is 2.31. The van der Waals surface area contributed by atoms with E-state index in [0.29, 0.717) is 55.1 Å². The van der Waals surface area contributed by atoms with Crippen molar-refractivity contribution in [3.63, 3.8) is 0 Å². The highest BCUT2D eigenvalue weighted by Gasteiger charge is 2.32. The van der Waals surface area contributed by atoms with Gasteiger partial charge in [-0.25, -0.2) is 4.68 Å². The number of carbonyl (C=O) groups excluding carboxylic acids is 1. The molecule has 172 valence electrons. The van der Waals surface area contributed by atoms with E-state index in [2.05, 4.69) is 10.00 Å². The van der Waals surface area contributed by atoms with E-state index in [1.807, 2.05) is 53.4 Å². The van der Waals surface area contributed by atoms with Crippen LogP contribution >= 0.6 is 12.2 Å². The number of piperazine rings is 1. The predicted molar refractivity (Wildman–Crippen MR) is 122 cm³/mol. The fraction of sp³-hybridized carbons (Fsp3) is 0.348. The zero-order valence-corrected chi connectivity index (χ0v) is 19.0. The Morgan fingerprint density at radius 2 is 1.82 bits per heavy atom. The number of carbonyl (C=O) groups is 1. The molecular weight excluding hydrogens is 444 g/mol. The predicted octanol–water partition coefficient (Wildman–Crippen LogP) is 2.82. The molecular formula is C23H24N4O5S. The number of methoxy groups -OCH3 is 1. The first-order valence-electron chi connectivity index (χ1n) is 10.7. The van der Waals surface area contributed by atoms with Gasteiger partial charge in [-0.15, -0.1) is 5.10 Å². The average Bonchev–Trinajstić information content (AvgIpc) is 3.23. The maximum absolute atomic E-state index is 12.9. The molecule has 33 heavy (non-hydrogen) atoms. The third-order valence-corrected chi connectivity index (χ3v) is 6.04. The lowest BCUT2D eigenvalue weighted by Gasteiger charge is -2.36. The van der Waals surface area contributed by atoms with Crippen molar-refractivity contribution in [3.8, 4) is 28.7 Å². The Kier molecular flexibility index (Phi) is 6.01. The monoisotopic (exact) mass is 468 g/mol. The number of hydrogen-bond donors (Lipinski definition) is 0. The molecule has 0 bridgehead atoms. The van der Waals surface area contributed by atoms with Gasteiger partial charge in [-0.3, -0.25) is 9.69 Å². The van der Waals surface area contributed by atoms with Crippen molar-refractivity contribution in [3.05, 3.63) is 53.4 Å². The molecule has 9 nitrogen and oxygen atoms in total. The van der Waals surface area contributed by atoms with Crippen LogP contribution in [-0.2, 0) is 11.5 Å². The van der Waals surface area contributed by atoms with E-state index in [4.69, 9.17) is 30.8 Å². The maximum Gasteiger partial charge on any atom is 0.288 e. The van der Waals surface area contributed by atoms with Gasteiger partial charge in [0.05, 0.1) is 13.8 Å². The molecule has 2 aliphatic rings. The molecule has 1 aromatic heterocycles. The van der Waals surface area contributed by atoms with Crippen LogP contribution in [0.5, 0.6) is 17.2 Å². The average molecular weight is 469 g/mol. The molecule has 0 saturated carbocycles. The van der Waals surface area contributed by atoms with Gasteiger partial charge in [-0.1, -0.05) is 12.1 Å². The Bertz CT molecular complexity index is 1180. The van der Waals surface area contributed by atoms with Crippen LogP contribution in [-0.4, -0.2) is 71.5 Å². The summed E-state index contributed by atoms with van der Waals surface area (Å²) in [4.78, 5) is 17.3. The number of ether oxygens (including phenoxy) is 3. The number of para-hydroxylation sites is 2. The maximum atomic E-state index is 12.9. The zero-order valence-electron chi connectivity index (χ0n) is 18.2. The third kappa shape index (κ3) is 4.57. The smallest absolute Gasteiger partial charge is 0.288 e. The van der Waals surface area contributed by atoms with Crippen LogP contribution in [0.1, 0.15) is 0 Å². The number of aromatic nitrogens is 2. The zero-order chi connectivity index (χ0) is 22.8. The first-order valence-corrected chi connectivity index (χ1v) is 11.1. The molecule has 1 fully saturated rings. The Labute approximate surface area is 196 Å². The van der Waals surface area contributed by atoms with Gasteiger partial charge in [0.15, 0.2) is 11.5 Å². The Morgan fingerprint density at radius 1 is 1.09 bits per heavy atom. The Morgan fingerprint density at radius 3 is 2.55 bits per heavy atom. The normalized spacial score (nSPS) is 18.2. The second kappa shape index (κ2) is 9.24.